The van der Waals surface area contributed by atoms with Gasteiger partial charge >= 0.3 is 0 Å². The molecule has 0 bridgehead atoms. The molecule has 2 heterocycles. The van der Waals surface area contributed by atoms with Crippen LogP contribution in [0.15, 0.2) is 12.1 Å². The average Bonchev–Trinajstić information content (AvgIpc) is 2.85. The highest BCUT2D eigenvalue weighted by Crippen LogP contribution is 2.26. The fraction of sp³-hybridized carbons (Fsp3) is 0.688. The summed E-state index contributed by atoms with van der Waals surface area (Å²) < 4.78 is 0. The van der Waals surface area contributed by atoms with Crippen molar-refractivity contribution in [3.05, 3.63) is 23.4 Å². The van der Waals surface area contributed by atoms with Crippen LogP contribution in [0, 0.1) is 6.92 Å². The minimum Gasteiger partial charge on any atom is -0.354 e. The summed E-state index contributed by atoms with van der Waals surface area (Å²) in [5.74, 6) is 1.16. The maximum atomic E-state index is 4.82. The Hall–Kier alpha value is -1.09. The van der Waals surface area contributed by atoms with Gasteiger partial charge in [-0.05, 0) is 37.8 Å². The van der Waals surface area contributed by atoms with E-state index in [-0.39, 0.29) is 0 Å². The Labute approximate surface area is 117 Å². The molecule has 0 radical (unpaired) electrons. The van der Waals surface area contributed by atoms with Gasteiger partial charge in [0.25, 0.3) is 0 Å². The SMILES string of the molecule is CCC1CCCN1c1ccc(CNC(C)C)c(C)n1. The van der Waals surface area contributed by atoms with Gasteiger partial charge in [-0.1, -0.05) is 26.8 Å². The number of nitrogens with zero attached hydrogens (tertiary/aromatic N) is 2. The zero-order valence-electron chi connectivity index (χ0n) is 12.7. The van der Waals surface area contributed by atoms with Crippen molar-refractivity contribution in [2.75, 3.05) is 11.4 Å². The molecule has 1 aromatic heterocycles. The van der Waals surface area contributed by atoms with E-state index in [1.54, 1.807) is 0 Å². The number of nitrogens with one attached hydrogen (secondary N) is 1. The van der Waals surface area contributed by atoms with Crippen LogP contribution < -0.4 is 10.2 Å². The number of aryl methyl sites for hydroxylation is 1. The molecule has 0 aliphatic carbocycles. The molecule has 0 saturated carbocycles. The van der Waals surface area contributed by atoms with Gasteiger partial charge < -0.3 is 10.2 Å². The first-order chi connectivity index (χ1) is 9.11. The Balaban J connectivity index is 2.10. The molecule has 3 nitrogen and oxygen atoms in total. The van der Waals surface area contributed by atoms with Crippen molar-refractivity contribution >= 4 is 5.82 Å². The second-order valence-electron chi connectivity index (χ2n) is 5.85. The van der Waals surface area contributed by atoms with E-state index < -0.39 is 0 Å². The number of hydrogen-bond acceptors (Lipinski definition) is 3. The predicted molar refractivity (Wildman–Crippen MR) is 81.6 cm³/mol. The second kappa shape index (κ2) is 6.38. The maximum Gasteiger partial charge on any atom is 0.129 e. The number of rotatable bonds is 5. The lowest BCUT2D eigenvalue weighted by Crippen LogP contribution is -2.29. The van der Waals surface area contributed by atoms with E-state index in [1.165, 1.54) is 24.8 Å². The van der Waals surface area contributed by atoms with Gasteiger partial charge in [0.05, 0.1) is 0 Å². The van der Waals surface area contributed by atoms with Crippen LogP contribution in [0.3, 0.4) is 0 Å². The summed E-state index contributed by atoms with van der Waals surface area (Å²) in [6, 6.07) is 5.63. The summed E-state index contributed by atoms with van der Waals surface area (Å²) in [4.78, 5) is 7.30. The van der Waals surface area contributed by atoms with E-state index in [2.05, 4.69) is 50.0 Å². The molecule has 1 N–H and O–H groups in total. The first-order valence-electron chi connectivity index (χ1n) is 7.58. The monoisotopic (exact) mass is 261 g/mol. The number of hydrogen-bond donors (Lipinski definition) is 1. The van der Waals surface area contributed by atoms with Crippen molar-refractivity contribution in [2.24, 2.45) is 0 Å². The summed E-state index contributed by atoms with van der Waals surface area (Å²) in [7, 11) is 0. The van der Waals surface area contributed by atoms with Gasteiger partial charge in [-0.15, -0.1) is 0 Å². The average molecular weight is 261 g/mol. The summed E-state index contributed by atoms with van der Waals surface area (Å²) in [6.45, 7) is 10.8. The molecule has 1 saturated heterocycles. The fourth-order valence-corrected chi connectivity index (χ4v) is 2.80. The quantitative estimate of drug-likeness (QED) is 0.881. The van der Waals surface area contributed by atoms with E-state index >= 15 is 0 Å². The fourth-order valence-electron chi connectivity index (χ4n) is 2.80. The van der Waals surface area contributed by atoms with Crippen LogP contribution >= 0.6 is 0 Å². The normalized spacial score (nSPS) is 19.4. The zero-order chi connectivity index (χ0) is 13.8. The van der Waals surface area contributed by atoms with Crippen molar-refractivity contribution in [3.63, 3.8) is 0 Å². The third kappa shape index (κ3) is 3.47. The lowest BCUT2D eigenvalue weighted by Gasteiger charge is -2.25. The molecule has 0 amide bonds. The molecular weight excluding hydrogens is 234 g/mol. The summed E-state index contributed by atoms with van der Waals surface area (Å²) in [5, 5.41) is 3.46. The first-order valence-corrected chi connectivity index (χ1v) is 7.58. The van der Waals surface area contributed by atoms with Gasteiger partial charge in [-0.25, -0.2) is 4.98 Å². The van der Waals surface area contributed by atoms with Crippen LogP contribution in [0.4, 0.5) is 5.82 Å². The molecule has 1 fully saturated rings. The number of aromatic nitrogens is 1. The largest absolute Gasteiger partial charge is 0.354 e. The minimum absolute atomic E-state index is 0.516. The van der Waals surface area contributed by atoms with Crippen molar-refractivity contribution in [1.82, 2.24) is 10.3 Å². The Bertz CT molecular complexity index is 414. The Kier molecular flexibility index (Phi) is 4.81. The molecule has 1 aromatic rings. The third-order valence-corrected chi connectivity index (χ3v) is 4.02. The molecule has 1 atom stereocenters. The first kappa shape index (κ1) is 14.3. The van der Waals surface area contributed by atoms with E-state index in [9.17, 15) is 0 Å². The standard InChI is InChI=1S/C16H27N3/c1-5-15-7-6-10-19(15)16-9-8-14(13(4)18-16)11-17-12(2)3/h8-9,12,15,17H,5-7,10-11H2,1-4H3. The predicted octanol–water partition coefficient (Wildman–Crippen LogP) is 3.27. The lowest BCUT2D eigenvalue weighted by atomic mass is 10.1. The Morgan fingerprint density at radius 2 is 2.21 bits per heavy atom. The highest BCUT2D eigenvalue weighted by Gasteiger charge is 2.24. The van der Waals surface area contributed by atoms with Crippen molar-refractivity contribution in [2.45, 2.75) is 65.6 Å². The summed E-state index contributed by atoms with van der Waals surface area (Å²) in [5.41, 5.74) is 2.47. The molecule has 1 unspecified atom stereocenters. The molecule has 3 heteroatoms. The van der Waals surface area contributed by atoms with E-state index in [0.29, 0.717) is 12.1 Å². The molecule has 106 valence electrons. The Morgan fingerprint density at radius 1 is 1.42 bits per heavy atom. The molecule has 1 aliphatic heterocycles. The van der Waals surface area contributed by atoms with E-state index in [4.69, 9.17) is 4.98 Å². The third-order valence-electron chi connectivity index (χ3n) is 4.02. The van der Waals surface area contributed by atoms with Gasteiger partial charge in [-0.3, -0.25) is 0 Å². The van der Waals surface area contributed by atoms with Crippen molar-refractivity contribution in [1.29, 1.82) is 0 Å². The topological polar surface area (TPSA) is 28.2 Å². The van der Waals surface area contributed by atoms with Gasteiger partial charge in [0.1, 0.15) is 5.82 Å². The maximum absolute atomic E-state index is 4.82. The molecular formula is C16H27N3. The molecule has 19 heavy (non-hydrogen) atoms. The summed E-state index contributed by atoms with van der Waals surface area (Å²) >= 11 is 0. The van der Waals surface area contributed by atoms with Crippen LogP contribution in [-0.2, 0) is 6.54 Å². The van der Waals surface area contributed by atoms with Crippen LogP contribution in [0.25, 0.3) is 0 Å². The van der Waals surface area contributed by atoms with Gasteiger partial charge in [0.2, 0.25) is 0 Å². The van der Waals surface area contributed by atoms with Gasteiger partial charge in [-0.2, -0.15) is 0 Å². The van der Waals surface area contributed by atoms with Crippen LogP contribution in [-0.4, -0.2) is 23.6 Å². The molecule has 0 spiro atoms. The second-order valence-corrected chi connectivity index (χ2v) is 5.85. The Morgan fingerprint density at radius 3 is 2.84 bits per heavy atom. The van der Waals surface area contributed by atoms with Crippen LogP contribution in [0.1, 0.15) is 51.3 Å². The zero-order valence-corrected chi connectivity index (χ0v) is 12.7. The van der Waals surface area contributed by atoms with E-state index in [1.807, 2.05) is 0 Å². The smallest absolute Gasteiger partial charge is 0.129 e. The van der Waals surface area contributed by atoms with Crippen LogP contribution in [0.2, 0.25) is 0 Å². The molecule has 1 aliphatic rings. The van der Waals surface area contributed by atoms with Gasteiger partial charge in [0.15, 0.2) is 0 Å². The van der Waals surface area contributed by atoms with Gasteiger partial charge in [0, 0.05) is 30.9 Å². The van der Waals surface area contributed by atoms with E-state index in [0.717, 1.165) is 24.6 Å². The molecule has 2 rings (SSSR count). The van der Waals surface area contributed by atoms with Crippen molar-refractivity contribution in [3.8, 4) is 0 Å². The minimum atomic E-state index is 0.516. The number of anilines is 1. The number of pyridine rings is 1. The van der Waals surface area contributed by atoms with Crippen molar-refractivity contribution < 1.29 is 0 Å². The molecule has 0 aromatic carbocycles. The lowest BCUT2D eigenvalue weighted by molar-refractivity contribution is 0.585. The van der Waals surface area contributed by atoms with Crippen LogP contribution in [0.5, 0.6) is 0 Å². The highest BCUT2D eigenvalue weighted by molar-refractivity contribution is 5.43. The highest BCUT2D eigenvalue weighted by atomic mass is 15.2. The summed E-state index contributed by atoms with van der Waals surface area (Å²) in [6.07, 6.45) is 3.83.